The highest BCUT2D eigenvalue weighted by molar-refractivity contribution is 5.98. The van der Waals surface area contributed by atoms with E-state index >= 15 is 0 Å². The molecule has 0 bridgehead atoms. The van der Waals surface area contributed by atoms with Crippen LogP contribution in [0.15, 0.2) is 36.4 Å². The van der Waals surface area contributed by atoms with Gasteiger partial charge in [0.15, 0.2) is 0 Å². The number of nitrogens with zero attached hydrogens (tertiary/aromatic N) is 4. The summed E-state index contributed by atoms with van der Waals surface area (Å²) < 4.78 is 0. The number of aromatic amines is 1. The molecular formula is C21H25N9. The molecule has 9 heteroatoms. The second-order valence-electron chi connectivity index (χ2n) is 7.89. The van der Waals surface area contributed by atoms with Gasteiger partial charge >= 0.3 is 0 Å². The Morgan fingerprint density at radius 1 is 0.933 bits per heavy atom. The number of nitrogens with two attached hydrogens (primary N) is 2. The zero-order valence-electron chi connectivity index (χ0n) is 17.0. The van der Waals surface area contributed by atoms with Crippen molar-refractivity contribution >= 4 is 33.7 Å². The molecule has 2 aromatic heterocycles. The third-order valence-electron chi connectivity index (χ3n) is 5.13. The van der Waals surface area contributed by atoms with Gasteiger partial charge in [0.1, 0.15) is 34.6 Å². The Balaban J connectivity index is 1.78. The number of rotatable bonds is 7. The number of hydrogen-bond donors (Lipinski definition) is 5. The van der Waals surface area contributed by atoms with E-state index in [-0.39, 0.29) is 17.7 Å². The highest BCUT2D eigenvalue weighted by atomic mass is 15.5. The maximum Gasteiger partial charge on any atom is 0.134 e. The molecule has 7 N–H and O–H groups in total. The second kappa shape index (κ2) is 7.58. The van der Waals surface area contributed by atoms with Crippen LogP contribution >= 0.6 is 0 Å². The third kappa shape index (κ3) is 3.73. The monoisotopic (exact) mass is 403 g/mol. The van der Waals surface area contributed by atoms with Crippen LogP contribution in [-0.2, 0) is 0 Å². The largest absolute Gasteiger partial charge is 0.384 e. The number of nitrogen functional groups attached to an aromatic ring is 2. The quantitative estimate of drug-likeness (QED) is 0.237. The molecule has 0 aliphatic carbocycles. The first kappa shape index (κ1) is 19.6. The van der Waals surface area contributed by atoms with E-state index in [9.17, 15) is 0 Å². The smallest absolute Gasteiger partial charge is 0.134 e. The number of aromatic nitrogens is 5. The summed E-state index contributed by atoms with van der Waals surface area (Å²) in [7, 11) is 0. The summed E-state index contributed by atoms with van der Waals surface area (Å²) in [5.74, 6) is 1.31. The molecule has 30 heavy (non-hydrogen) atoms. The summed E-state index contributed by atoms with van der Waals surface area (Å²) in [6, 6.07) is 10.7. The number of H-pyrrole nitrogens is 1. The molecule has 0 amide bonds. The number of nitrogens with one attached hydrogen (secondary N) is 3. The topological polar surface area (TPSA) is 159 Å². The van der Waals surface area contributed by atoms with Crippen LogP contribution in [0.3, 0.4) is 0 Å². The molecule has 0 saturated carbocycles. The van der Waals surface area contributed by atoms with Gasteiger partial charge in [-0.05, 0) is 55.2 Å². The lowest BCUT2D eigenvalue weighted by Crippen LogP contribution is -2.16. The average Bonchev–Trinajstić information content (AvgIpc) is 3.30. The van der Waals surface area contributed by atoms with Crippen molar-refractivity contribution in [3.63, 3.8) is 0 Å². The third-order valence-corrected chi connectivity index (χ3v) is 5.13. The van der Waals surface area contributed by atoms with E-state index < -0.39 is 0 Å². The molecule has 1 unspecified atom stereocenters. The number of hydrogen-bond acceptors (Lipinski definition) is 5. The van der Waals surface area contributed by atoms with E-state index in [4.69, 9.17) is 27.3 Å². The van der Waals surface area contributed by atoms with Gasteiger partial charge in [0, 0.05) is 11.1 Å². The van der Waals surface area contributed by atoms with E-state index in [0.717, 1.165) is 35.2 Å². The summed E-state index contributed by atoms with van der Waals surface area (Å²) in [5, 5.41) is 24.6. The fourth-order valence-corrected chi connectivity index (χ4v) is 3.45. The molecule has 9 nitrogen and oxygen atoms in total. The van der Waals surface area contributed by atoms with Crippen LogP contribution in [0.2, 0.25) is 0 Å². The highest BCUT2D eigenvalue weighted by Crippen LogP contribution is 2.26. The van der Waals surface area contributed by atoms with Gasteiger partial charge in [-0.15, -0.1) is 0 Å². The summed E-state index contributed by atoms with van der Waals surface area (Å²) in [4.78, 5) is 9.83. The van der Waals surface area contributed by atoms with Crippen LogP contribution in [0.1, 0.15) is 49.7 Å². The normalized spacial score (nSPS) is 12.6. The molecule has 154 valence electrons. The maximum absolute atomic E-state index is 7.65. The Hall–Kier alpha value is -3.75. The highest BCUT2D eigenvalue weighted by Gasteiger charge is 2.22. The number of amidine groups is 2. The molecule has 4 aromatic rings. The van der Waals surface area contributed by atoms with Crippen molar-refractivity contribution < 1.29 is 0 Å². The van der Waals surface area contributed by atoms with Crippen molar-refractivity contribution in [2.45, 2.75) is 32.7 Å². The van der Waals surface area contributed by atoms with Crippen LogP contribution in [0, 0.1) is 16.7 Å². The van der Waals surface area contributed by atoms with E-state index in [1.54, 1.807) is 23.0 Å². The minimum absolute atomic E-state index is 0.00127. The van der Waals surface area contributed by atoms with Gasteiger partial charge < -0.3 is 16.5 Å². The zero-order chi connectivity index (χ0) is 21.4. The van der Waals surface area contributed by atoms with Crippen molar-refractivity contribution in [2.75, 3.05) is 0 Å². The van der Waals surface area contributed by atoms with E-state index in [1.807, 2.05) is 18.2 Å². The summed E-state index contributed by atoms with van der Waals surface area (Å²) in [6.45, 7) is 4.36. The SMILES string of the molecule is CC(C)CCC(c1nc2ccc(C(=N)N)cc2[nH]1)n1nc2ccc(C(=N)N)cc2n1. The van der Waals surface area contributed by atoms with Crippen LogP contribution in [0.5, 0.6) is 0 Å². The molecule has 0 aliphatic heterocycles. The van der Waals surface area contributed by atoms with Crippen LogP contribution in [0.25, 0.3) is 22.1 Å². The molecule has 1 atom stereocenters. The predicted octanol–water partition coefficient (Wildman–Crippen LogP) is 2.90. The number of benzene rings is 2. The fourth-order valence-electron chi connectivity index (χ4n) is 3.45. The number of imidazole rings is 1. The van der Waals surface area contributed by atoms with Gasteiger partial charge in [-0.25, -0.2) is 4.98 Å². The van der Waals surface area contributed by atoms with Crippen molar-refractivity contribution in [2.24, 2.45) is 17.4 Å². The second-order valence-corrected chi connectivity index (χ2v) is 7.89. The molecule has 2 aromatic carbocycles. The molecule has 0 spiro atoms. The summed E-state index contributed by atoms with van der Waals surface area (Å²) >= 11 is 0. The van der Waals surface area contributed by atoms with E-state index in [0.29, 0.717) is 22.6 Å². The zero-order valence-corrected chi connectivity index (χ0v) is 17.0. The Kier molecular flexibility index (Phi) is 4.94. The Bertz CT molecular complexity index is 1160. The van der Waals surface area contributed by atoms with Gasteiger partial charge in [-0.2, -0.15) is 15.0 Å². The van der Waals surface area contributed by atoms with Crippen LogP contribution < -0.4 is 11.5 Å². The van der Waals surface area contributed by atoms with Gasteiger partial charge in [-0.1, -0.05) is 13.8 Å². The summed E-state index contributed by atoms with van der Waals surface area (Å²) in [5.41, 5.74) is 15.6. The molecule has 0 radical (unpaired) electrons. The first-order chi connectivity index (χ1) is 14.3. The Labute approximate surface area is 173 Å². The van der Waals surface area contributed by atoms with Crippen molar-refractivity contribution in [3.05, 3.63) is 53.3 Å². The van der Waals surface area contributed by atoms with Gasteiger partial charge in [0.05, 0.1) is 11.0 Å². The lowest BCUT2D eigenvalue weighted by atomic mass is 10.0. The Morgan fingerprint density at radius 2 is 1.57 bits per heavy atom. The van der Waals surface area contributed by atoms with Gasteiger partial charge in [0.2, 0.25) is 0 Å². The van der Waals surface area contributed by atoms with Crippen molar-refractivity contribution in [1.82, 2.24) is 25.0 Å². The first-order valence-corrected chi connectivity index (χ1v) is 9.87. The number of fused-ring (bicyclic) bond motifs is 2. The minimum atomic E-state index is -0.172. The molecule has 0 saturated heterocycles. The maximum atomic E-state index is 7.65. The van der Waals surface area contributed by atoms with Gasteiger partial charge in [0.25, 0.3) is 0 Å². The van der Waals surface area contributed by atoms with Crippen LogP contribution in [-0.4, -0.2) is 36.6 Å². The van der Waals surface area contributed by atoms with E-state index in [1.165, 1.54) is 0 Å². The minimum Gasteiger partial charge on any atom is -0.384 e. The molecule has 0 aliphatic rings. The van der Waals surface area contributed by atoms with Crippen LogP contribution in [0.4, 0.5) is 0 Å². The lowest BCUT2D eigenvalue weighted by molar-refractivity contribution is 0.389. The predicted molar refractivity (Wildman–Crippen MR) is 118 cm³/mol. The first-order valence-electron chi connectivity index (χ1n) is 9.87. The molecule has 2 heterocycles. The standard InChI is InChI=1S/C21H25N9/c1-11(2)3-8-18(21-26-14-6-4-12(19(22)23)9-16(14)27-21)30-28-15-7-5-13(20(24)25)10-17(15)29-30/h4-7,9-11,18H,3,8H2,1-2H3,(H3,22,23)(H3,24,25)(H,26,27). The fraction of sp³-hybridized carbons (Fsp3) is 0.286. The lowest BCUT2D eigenvalue weighted by Gasteiger charge is -2.15. The molecule has 4 rings (SSSR count). The Morgan fingerprint density at radius 3 is 2.23 bits per heavy atom. The molecular weight excluding hydrogens is 378 g/mol. The van der Waals surface area contributed by atoms with Gasteiger partial charge in [-0.3, -0.25) is 10.8 Å². The van der Waals surface area contributed by atoms with Crippen molar-refractivity contribution in [3.8, 4) is 0 Å². The van der Waals surface area contributed by atoms with Crippen molar-refractivity contribution in [1.29, 1.82) is 10.8 Å². The summed E-state index contributed by atoms with van der Waals surface area (Å²) in [6.07, 6.45) is 1.80. The molecule has 0 fully saturated rings. The average molecular weight is 403 g/mol. The van der Waals surface area contributed by atoms with E-state index in [2.05, 4.69) is 29.0 Å².